The maximum atomic E-state index is 12.0. The number of anilines is 3. The van der Waals surface area contributed by atoms with Crippen LogP contribution in [0.5, 0.6) is 0 Å². The Morgan fingerprint density at radius 1 is 1.29 bits per heavy atom. The molecule has 2 aromatic rings. The van der Waals surface area contributed by atoms with Crippen LogP contribution in [0.2, 0.25) is 0 Å². The number of amides is 1. The van der Waals surface area contributed by atoms with Gasteiger partial charge in [0, 0.05) is 24.1 Å². The number of hydrogen-bond donors (Lipinski definition) is 2. The van der Waals surface area contributed by atoms with Gasteiger partial charge in [0.2, 0.25) is 5.91 Å². The van der Waals surface area contributed by atoms with Crippen molar-refractivity contribution in [2.45, 2.75) is 0 Å². The Kier molecular flexibility index (Phi) is 4.42. The Labute approximate surface area is 123 Å². The molecule has 1 amide bonds. The lowest BCUT2D eigenvalue weighted by molar-refractivity contribution is -0.114. The molecule has 0 heterocycles. The number of carbonyl (C=O) groups excluding carboxylic acids is 1. The van der Waals surface area contributed by atoms with Gasteiger partial charge in [-0.1, -0.05) is 12.1 Å². The molecule has 0 aliphatic heterocycles. The summed E-state index contributed by atoms with van der Waals surface area (Å²) < 4.78 is 0. The molecule has 2 rings (SSSR count). The zero-order chi connectivity index (χ0) is 15.2. The maximum Gasteiger partial charge on any atom is 0.243 e. The number of nitrogen functional groups attached to an aromatic ring is 1. The van der Waals surface area contributed by atoms with E-state index in [1.165, 1.54) is 0 Å². The number of hydrogen-bond acceptors (Lipinski definition) is 4. The predicted octanol–water partition coefficient (Wildman–Crippen LogP) is 2.22. The van der Waals surface area contributed by atoms with Gasteiger partial charge in [0.1, 0.15) is 0 Å². The Hall–Kier alpha value is -3.00. The van der Waals surface area contributed by atoms with E-state index in [2.05, 4.69) is 11.4 Å². The first kappa shape index (κ1) is 14.4. The highest BCUT2D eigenvalue weighted by Gasteiger charge is 2.08. The van der Waals surface area contributed by atoms with Crippen LogP contribution in [0.25, 0.3) is 0 Å². The summed E-state index contributed by atoms with van der Waals surface area (Å²) in [6.45, 7) is 0.184. The van der Waals surface area contributed by atoms with Gasteiger partial charge in [-0.05, 0) is 36.4 Å². The van der Waals surface area contributed by atoms with Crippen LogP contribution in [-0.2, 0) is 4.79 Å². The van der Waals surface area contributed by atoms with Gasteiger partial charge < -0.3 is 16.0 Å². The lowest BCUT2D eigenvalue weighted by Crippen LogP contribution is -2.30. The molecule has 2 aromatic carbocycles. The summed E-state index contributed by atoms with van der Waals surface area (Å²) in [7, 11) is 1.80. The van der Waals surface area contributed by atoms with E-state index >= 15 is 0 Å². The summed E-state index contributed by atoms with van der Waals surface area (Å²) in [5, 5.41) is 11.7. The first-order valence-electron chi connectivity index (χ1n) is 6.45. The van der Waals surface area contributed by atoms with Gasteiger partial charge >= 0.3 is 0 Å². The van der Waals surface area contributed by atoms with Crippen LogP contribution in [0.15, 0.2) is 48.5 Å². The van der Waals surface area contributed by atoms with E-state index in [-0.39, 0.29) is 12.5 Å². The molecular weight excluding hydrogens is 264 g/mol. The van der Waals surface area contributed by atoms with E-state index in [4.69, 9.17) is 11.0 Å². The van der Waals surface area contributed by atoms with Gasteiger partial charge in [-0.2, -0.15) is 5.26 Å². The summed E-state index contributed by atoms with van der Waals surface area (Å²) in [6.07, 6.45) is 0. The standard InChI is InChI=1S/C16H16N4O/c1-20(15-7-2-4-12(8-15)10-17)11-16(21)19-14-6-3-5-13(18)9-14/h2-9H,11,18H2,1H3,(H,19,21). The molecule has 3 N–H and O–H groups in total. The Morgan fingerprint density at radius 3 is 2.76 bits per heavy atom. The van der Waals surface area contributed by atoms with Crippen molar-refractivity contribution in [3.8, 4) is 6.07 Å². The molecule has 0 radical (unpaired) electrons. The van der Waals surface area contributed by atoms with Crippen LogP contribution in [-0.4, -0.2) is 19.5 Å². The molecule has 0 spiro atoms. The van der Waals surface area contributed by atoms with Crippen molar-refractivity contribution in [3.05, 3.63) is 54.1 Å². The van der Waals surface area contributed by atoms with Crippen LogP contribution in [0.1, 0.15) is 5.56 Å². The zero-order valence-electron chi connectivity index (χ0n) is 11.7. The minimum Gasteiger partial charge on any atom is -0.399 e. The zero-order valence-corrected chi connectivity index (χ0v) is 11.7. The van der Waals surface area contributed by atoms with Gasteiger partial charge in [0.25, 0.3) is 0 Å². The van der Waals surface area contributed by atoms with Crippen molar-refractivity contribution in [1.29, 1.82) is 5.26 Å². The molecule has 5 heteroatoms. The fraction of sp³-hybridized carbons (Fsp3) is 0.125. The summed E-state index contributed by atoms with van der Waals surface area (Å²) in [5.74, 6) is -0.148. The van der Waals surface area contributed by atoms with E-state index in [0.29, 0.717) is 16.9 Å². The fourth-order valence-corrected chi connectivity index (χ4v) is 1.94. The maximum absolute atomic E-state index is 12.0. The van der Waals surface area contributed by atoms with Gasteiger partial charge in [0.05, 0.1) is 18.2 Å². The molecule has 5 nitrogen and oxygen atoms in total. The number of carbonyl (C=O) groups is 1. The van der Waals surface area contributed by atoms with E-state index in [9.17, 15) is 4.79 Å². The number of rotatable bonds is 4. The van der Waals surface area contributed by atoms with Crippen molar-refractivity contribution in [3.63, 3.8) is 0 Å². The van der Waals surface area contributed by atoms with Crippen LogP contribution in [0.3, 0.4) is 0 Å². The van der Waals surface area contributed by atoms with Gasteiger partial charge in [-0.15, -0.1) is 0 Å². The predicted molar refractivity (Wildman–Crippen MR) is 83.9 cm³/mol. The number of benzene rings is 2. The SMILES string of the molecule is CN(CC(=O)Nc1cccc(N)c1)c1cccc(C#N)c1. The number of nitrogens with two attached hydrogens (primary N) is 1. The van der Waals surface area contributed by atoms with E-state index in [1.54, 1.807) is 54.4 Å². The second-order valence-corrected chi connectivity index (χ2v) is 4.69. The van der Waals surface area contributed by atoms with Crippen molar-refractivity contribution in [1.82, 2.24) is 0 Å². The summed E-state index contributed by atoms with van der Waals surface area (Å²) >= 11 is 0. The smallest absolute Gasteiger partial charge is 0.243 e. The topological polar surface area (TPSA) is 82.2 Å². The van der Waals surface area contributed by atoms with Crippen LogP contribution >= 0.6 is 0 Å². The highest BCUT2D eigenvalue weighted by atomic mass is 16.2. The van der Waals surface area contributed by atoms with E-state index in [1.807, 2.05) is 6.07 Å². The fourth-order valence-electron chi connectivity index (χ4n) is 1.94. The largest absolute Gasteiger partial charge is 0.399 e. The summed E-state index contributed by atoms with van der Waals surface area (Å²) in [6, 6.07) is 16.2. The average molecular weight is 280 g/mol. The van der Waals surface area contributed by atoms with Crippen molar-refractivity contribution in [2.24, 2.45) is 0 Å². The van der Waals surface area contributed by atoms with E-state index in [0.717, 1.165) is 5.69 Å². The molecule has 0 fully saturated rings. The van der Waals surface area contributed by atoms with Crippen molar-refractivity contribution in [2.75, 3.05) is 29.5 Å². The second-order valence-electron chi connectivity index (χ2n) is 4.69. The van der Waals surface area contributed by atoms with Crippen molar-refractivity contribution < 1.29 is 4.79 Å². The molecule has 21 heavy (non-hydrogen) atoms. The molecule has 0 aromatic heterocycles. The molecule has 0 saturated carbocycles. The lowest BCUT2D eigenvalue weighted by atomic mass is 10.2. The van der Waals surface area contributed by atoms with Crippen LogP contribution in [0, 0.1) is 11.3 Å². The average Bonchev–Trinajstić information content (AvgIpc) is 2.47. The minimum absolute atomic E-state index is 0.148. The third-order valence-electron chi connectivity index (χ3n) is 2.97. The normalized spacial score (nSPS) is 9.71. The lowest BCUT2D eigenvalue weighted by Gasteiger charge is -2.19. The molecular formula is C16H16N4O. The van der Waals surface area contributed by atoms with E-state index < -0.39 is 0 Å². The quantitative estimate of drug-likeness (QED) is 0.841. The molecule has 0 saturated heterocycles. The Bertz CT molecular complexity index is 691. The molecule has 0 atom stereocenters. The van der Waals surface area contributed by atoms with Gasteiger partial charge in [-0.25, -0.2) is 0 Å². The molecule has 0 aliphatic rings. The number of nitrogens with one attached hydrogen (secondary N) is 1. The molecule has 0 unspecified atom stereocenters. The minimum atomic E-state index is -0.148. The first-order chi connectivity index (χ1) is 10.1. The number of nitrogens with zero attached hydrogens (tertiary/aromatic N) is 2. The molecule has 106 valence electrons. The Morgan fingerprint density at radius 2 is 2.05 bits per heavy atom. The number of likely N-dealkylation sites (N-methyl/N-ethyl adjacent to an activating group) is 1. The first-order valence-corrected chi connectivity index (χ1v) is 6.45. The van der Waals surface area contributed by atoms with Gasteiger partial charge in [-0.3, -0.25) is 4.79 Å². The van der Waals surface area contributed by atoms with Gasteiger partial charge in [0.15, 0.2) is 0 Å². The monoisotopic (exact) mass is 280 g/mol. The molecule has 0 aliphatic carbocycles. The molecule has 0 bridgehead atoms. The number of nitriles is 1. The highest BCUT2D eigenvalue weighted by molar-refractivity contribution is 5.94. The van der Waals surface area contributed by atoms with Crippen LogP contribution in [0.4, 0.5) is 17.1 Å². The highest BCUT2D eigenvalue weighted by Crippen LogP contribution is 2.15. The van der Waals surface area contributed by atoms with Crippen molar-refractivity contribution >= 4 is 23.0 Å². The summed E-state index contributed by atoms with van der Waals surface area (Å²) in [5.41, 5.74) is 8.31. The van der Waals surface area contributed by atoms with Crippen LogP contribution < -0.4 is 16.0 Å². The summed E-state index contributed by atoms with van der Waals surface area (Å²) in [4.78, 5) is 13.8. The third-order valence-corrected chi connectivity index (χ3v) is 2.97. The third kappa shape index (κ3) is 3.98. The second kappa shape index (κ2) is 6.44. The Balaban J connectivity index is 2.00.